The highest BCUT2D eigenvalue weighted by Crippen LogP contribution is 2.33. The van der Waals surface area contributed by atoms with E-state index in [1.807, 2.05) is 24.3 Å². The van der Waals surface area contributed by atoms with E-state index in [9.17, 15) is 15.2 Å². The Bertz CT molecular complexity index is 767. The number of phenolic OH excluding ortho intramolecular Hbond substituents is 1. The highest BCUT2D eigenvalue weighted by molar-refractivity contribution is 7.22. The van der Waals surface area contributed by atoms with Crippen LogP contribution in [-0.2, 0) is 0 Å². The fraction of sp³-hybridized carbons (Fsp3) is 0. The van der Waals surface area contributed by atoms with Crippen molar-refractivity contribution in [2.75, 3.05) is 5.32 Å². The Morgan fingerprint density at radius 3 is 2.75 bits per heavy atom. The van der Waals surface area contributed by atoms with Crippen LogP contribution >= 0.6 is 11.3 Å². The number of aromatic hydroxyl groups is 1. The van der Waals surface area contributed by atoms with E-state index in [1.165, 1.54) is 23.5 Å². The lowest BCUT2D eigenvalue weighted by Crippen LogP contribution is -1.92. The predicted molar refractivity (Wildman–Crippen MR) is 77.7 cm³/mol. The van der Waals surface area contributed by atoms with Gasteiger partial charge in [-0.05, 0) is 18.2 Å². The van der Waals surface area contributed by atoms with Gasteiger partial charge in [-0.3, -0.25) is 10.1 Å². The quantitative estimate of drug-likeness (QED) is 0.436. The number of fused-ring (bicyclic) bond motifs is 1. The molecule has 2 aromatic carbocycles. The molecule has 0 atom stereocenters. The maximum atomic E-state index is 10.6. The average molecular weight is 287 g/mol. The minimum absolute atomic E-state index is 0.155. The first-order valence-corrected chi connectivity index (χ1v) is 6.55. The van der Waals surface area contributed by atoms with Crippen LogP contribution in [0, 0.1) is 10.1 Å². The minimum atomic E-state index is -0.554. The summed E-state index contributed by atoms with van der Waals surface area (Å²) >= 11 is 1.44. The van der Waals surface area contributed by atoms with Crippen LogP contribution in [0.1, 0.15) is 0 Å². The zero-order valence-corrected chi connectivity index (χ0v) is 10.9. The third-order valence-electron chi connectivity index (χ3n) is 2.73. The molecule has 0 spiro atoms. The number of para-hydroxylation sites is 1. The Balaban J connectivity index is 1.92. The third kappa shape index (κ3) is 2.26. The number of non-ortho nitro benzene ring substituents is 1. The molecule has 20 heavy (non-hydrogen) atoms. The molecule has 0 saturated carbocycles. The van der Waals surface area contributed by atoms with E-state index in [4.69, 9.17) is 0 Å². The third-order valence-corrected chi connectivity index (χ3v) is 3.68. The highest BCUT2D eigenvalue weighted by Gasteiger charge is 2.11. The van der Waals surface area contributed by atoms with E-state index >= 15 is 0 Å². The number of phenols is 1. The first kappa shape index (κ1) is 12.4. The van der Waals surface area contributed by atoms with Crippen LogP contribution in [0.3, 0.4) is 0 Å². The fourth-order valence-corrected chi connectivity index (χ4v) is 2.66. The number of nitrogens with zero attached hydrogens (tertiary/aromatic N) is 2. The van der Waals surface area contributed by atoms with E-state index < -0.39 is 4.92 Å². The summed E-state index contributed by atoms with van der Waals surface area (Å²) in [4.78, 5) is 14.4. The molecule has 0 amide bonds. The summed E-state index contributed by atoms with van der Waals surface area (Å²) in [6.07, 6.45) is 0. The molecule has 0 aliphatic rings. The number of nitro benzene ring substituents is 1. The van der Waals surface area contributed by atoms with Crippen LogP contribution in [-0.4, -0.2) is 15.0 Å². The average Bonchev–Trinajstić information content (AvgIpc) is 2.83. The topological polar surface area (TPSA) is 88.3 Å². The Kier molecular flexibility index (Phi) is 2.96. The van der Waals surface area contributed by atoms with Crippen molar-refractivity contribution in [3.8, 4) is 5.75 Å². The Hall–Kier alpha value is -2.67. The number of hydrogen-bond donors (Lipinski definition) is 2. The fourth-order valence-electron chi connectivity index (χ4n) is 1.78. The van der Waals surface area contributed by atoms with Crippen molar-refractivity contribution in [1.29, 1.82) is 0 Å². The number of hydrogen-bond acceptors (Lipinski definition) is 6. The number of anilines is 2. The normalized spacial score (nSPS) is 10.6. The molecular formula is C13H9N3O3S. The summed E-state index contributed by atoms with van der Waals surface area (Å²) in [5.74, 6) is -0.182. The smallest absolute Gasteiger partial charge is 0.273 e. The maximum absolute atomic E-state index is 10.6. The number of thiazole rings is 1. The van der Waals surface area contributed by atoms with E-state index in [1.54, 1.807) is 0 Å². The van der Waals surface area contributed by atoms with E-state index in [0.717, 1.165) is 16.3 Å². The summed E-state index contributed by atoms with van der Waals surface area (Å²) < 4.78 is 1.02. The monoisotopic (exact) mass is 287 g/mol. The van der Waals surface area contributed by atoms with Gasteiger partial charge in [-0.25, -0.2) is 4.98 Å². The first-order valence-electron chi connectivity index (χ1n) is 5.73. The van der Waals surface area contributed by atoms with Crippen molar-refractivity contribution < 1.29 is 10.0 Å². The Morgan fingerprint density at radius 2 is 2.05 bits per heavy atom. The Labute approximate surface area is 117 Å². The molecule has 7 heteroatoms. The van der Waals surface area contributed by atoms with Gasteiger partial charge < -0.3 is 10.4 Å². The molecular weight excluding hydrogens is 278 g/mol. The maximum Gasteiger partial charge on any atom is 0.273 e. The standard InChI is InChI=1S/C13H9N3O3S/c17-11-7-8(16(18)19)5-6-9(11)14-13-15-10-3-1-2-4-12(10)20-13/h1-7,17H,(H,14,15). The Morgan fingerprint density at radius 1 is 1.25 bits per heavy atom. The lowest BCUT2D eigenvalue weighted by molar-refractivity contribution is -0.384. The molecule has 0 fully saturated rings. The number of aromatic nitrogens is 1. The van der Waals surface area contributed by atoms with Gasteiger partial charge in [0.25, 0.3) is 5.69 Å². The van der Waals surface area contributed by atoms with Gasteiger partial charge in [0, 0.05) is 6.07 Å². The number of nitrogens with one attached hydrogen (secondary N) is 1. The van der Waals surface area contributed by atoms with Crippen molar-refractivity contribution in [1.82, 2.24) is 4.98 Å². The van der Waals surface area contributed by atoms with E-state index in [0.29, 0.717) is 10.8 Å². The van der Waals surface area contributed by atoms with Gasteiger partial charge in [-0.1, -0.05) is 23.5 Å². The molecule has 0 radical (unpaired) electrons. The zero-order valence-electron chi connectivity index (χ0n) is 10.1. The van der Waals surface area contributed by atoms with Gasteiger partial charge in [0.2, 0.25) is 0 Å². The number of benzene rings is 2. The summed E-state index contributed by atoms with van der Waals surface area (Å²) in [6, 6.07) is 11.6. The van der Waals surface area contributed by atoms with E-state index in [-0.39, 0.29) is 11.4 Å². The molecule has 0 saturated heterocycles. The lowest BCUT2D eigenvalue weighted by Gasteiger charge is -2.04. The zero-order chi connectivity index (χ0) is 14.1. The minimum Gasteiger partial charge on any atom is -0.506 e. The second-order valence-corrected chi connectivity index (χ2v) is 5.10. The molecule has 2 N–H and O–H groups in total. The number of rotatable bonds is 3. The van der Waals surface area contributed by atoms with Gasteiger partial charge in [-0.15, -0.1) is 0 Å². The second kappa shape index (κ2) is 4.78. The molecule has 1 heterocycles. The van der Waals surface area contributed by atoms with Crippen LogP contribution in [0.5, 0.6) is 5.75 Å². The molecule has 1 aromatic heterocycles. The van der Waals surface area contributed by atoms with Crippen LogP contribution in [0.2, 0.25) is 0 Å². The summed E-state index contributed by atoms with van der Waals surface area (Å²) in [5, 5.41) is 24.0. The molecule has 0 aliphatic heterocycles. The van der Waals surface area contributed by atoms with Crippen molar-refractivity contribution >= 4 is 38.1 Å². The van der Waals surface area contributed by atoms with Crippen LogP contribution in [0.4, 0.5) is 16.5 Å². The van der Waals surface area contributed by atoms with E-state index in [2.05, 4.69) is 10.3 Å². The van der Waals surface area contributed by atoms with Crippen molar-refractivity contribution in [3.05, 3.63) is 52.6 Å². The van der Waals surface area contributed by atoms with Crippen molar-refractivity contribution in [2.45, 2.75) is 0 Å². The largest absolute Gasteiger partial charge is 0.506 e. The molecule has 0 bridgehead atoms. The van der Waals surface area contributed by atoms with Crippen molar-refractivity contribution in [2.24, 2.45) is 0 Å². The molecule has 3 aromatic rings. The highest BCUT2D eigenvalue weighted by atomic mass is 32.1. The van der Waals surface area contributed by atoms with Gasteiger partial charge in [0.1, 0.15) is 5.75 Å². The van der Waals surface area contributed by atoms with Gasteiger partial charge >= 0.3 is 0 Å². The molecule has 6 nitrogen and oxygen atoms in total. The SMILES string of the molecule is O=[N+]([O-])c1ccc(Nc2nc3ccccc3s2)c(O)c1. The molecule has 3 rings (SSSR count). The summed E-state index contributed by atoms with van der Waals surface area (Å²) in [5.41, 5.74) is 1.09. The summed E-state index contributed by atoms with van der Waals surface area (Å²) in [6.45, 7) is 0. The molecule has 0 aliphatic carbocycles. The molecule has 100 valence electrons. The van der Waals surface area contributed by atoms with Gasteiger partial charge in [0.15, 0.2) is 5.13 Å². The first-order chi connectivity index (χ1) is 9.63. The van der Waals surface area contributed by atoms with Gasteiger partial charge in [0.05, 0.1) is 26.9 Å². The predicted octanol–water partition coefficient (Wildman–Crippen LogP) is 3.65. The van der Waals surface area contributed by atoms with Crippen molar-refractivity contribution in [3.63, 3.8) is 0 Å². The second-order valence-electron chi connectivity index (χ2n) is 4.07. The van der Waals surface area contributed by atoms with Crippen LogP contribution in [0.25, 0.3) is 10.2 Å². The number of nitro groups is 1. The lowest BCUT2D eigenvalue weighted by atomic mass is 10.2. The van der Waals surface area contributed by atoms with Crippen LogP contribution in [0.15, 0.2) is 42.5 Å². The molecule has 0 unspecified atom stereocenters. The van der Waals surface area contributed by atoms with Crippen LogP contribution < -0.4 is 5.32 Å². The summed E-state index contributed by atoms with van der Waals surface area (Å²) in [7, 11) is 0. The van der Waals surface area contributed by atoms with Gasteiger partial charge in [-0.2, -0.15) is 0 Å².